The molecule has 11 heteroatoms. The Hall–Kier alpha value is -2.63. The van der Waals surface area contributed by atoms with Gasteiger partial charge < -0.3 is 24.2 Å². The average molecular weight is 659 g/mol. The molecule has 0 spiro atoms. The largest absolute Gasteiger partial charge is 0.487 e. The van der Waals surface area contributed by atoms with Crippen molar-refractivity contribution in [3.8, 4) is 5.75 Å². The molecule has 2 aromatic carbocycles. The van der Waals surface area contributed by atoms with E-state index in [2.05, 4.69) is 9.62 Å². The Labute approximate surface area is 270 Å². The van der Waals surface area contributed by atoms with Crippen molar-refractivity contribution in [1.29, 1.82) is 0 Å². The molecule has 1 saturated heterocycles. The molecule has 1 aliphatic carbocycles. The third-order valence-electron chi connectivity index (χ3n) is 9.75. The van der Waals surface area contributed by atoms with Gasteiger partial charge in [-0.1, -0.05) is 35.9 Å². The van der Waals surface area contributed by atoms with E-state index in [0.717, 1.165) is 56.4 Å². The van der Waals surface area contributed by atoms with Crippen LogP contribution in [0.25, 0.3) is 0 Å². The summed E-state index contributed by atoms with van der Waals surface area (Å²) in [6.07, 6.45) is 7.96. The summed E-state index contributed by atoms with van der Waals surface area (Å²) in [5.74, 6) is 0.866. The summed E-state index contributed by atoms with van der Waals surface area (Å²) in [5, 5.41) is 11.1. The molecule has 1 saturated carbocycles. The monoisotopic (exact) mass is 658 g/mol. The van der Waals surface area contributed by atoms with Gasteiger partial charge in [0.15, 0.2) is 6.10 Å². The number of benzene rings is 2. The van der Waals surface area contributed by atoms with Crippen LogP contribution in [0.5, 0.6) is 5.75 Å². The molecule has 2 fully saturated rings. The van der Waals surface area contributed by atoms with Crippen molar-refractivity contribution in [2.24, 2.45) is 11.8 Å². The lowest BCUT2D eigenvalue weighted by atomic mass is 9.70. The van der Waals surface area contributed by atoms with Gasteiger partial charge in [-0.15, -0.1) is 0 Å². The molecule has 244 valence electrons. The Morgan fingerprint density at radius 3 is 2.69 bits per heavy atom. The smallest absolute Gasteiger partial charge is 0.335 e. The maximum Gasteiger partial charge on any atom is 0.335 e. The van der Waals surface area contributed by atoms with Gasteiger partial charge in [0.05, 0.1) is 23.6 Å². The van der Waals surface area contributed by atoms with Crippen molar-refractivity contribution in [3.63, 3.8) is 0 Å². The zero-order valence-electron chi connectivity index (χ0n) is 25.7. The van der Waals surface area contributed by atoms with Gasteiger partial charge in [0.1, 0.15) is 18.6 Å². The second kappa shape index (κ2) is 14.0. The molecule has 4 aliphatic rings. The van der Waals surface area contributed by atoms with Gasteiger partial charge in [-0.3, -0.25) is 0 Å². The molecule has 0 amide bonds. The highest BCUT2D eigenvalue weighted by Crippen LogP contribution is 2.42. The molecule has 9 nitrogen and oxygen atoms in total. The number of aliphatic hydroxyl groups is 1. The molecular formula is C34H43ClN2O7S. The maximum atomic E-state index is 13.2. The number of anilines is 1. The number of carbonyl (C=O) groups excluding carboxylic acids is 1. The molecule has 45 heavy (non-hydrogen) atoms. The quantitative estimate of drug-likeness (QED) is 0.324. The zero-order chi connectivity index (χ0) is 31.6. The molecule has 2 bridgehead atoms. The number of nitrogens with one attached hydrogen (secondary N) is 1. The molecule has 3 aliphatic heterocycles. The number of carbonyl (C=O) groups is 1. The van der Waals surface area contributed by atoms with Gasteiger partial charge in [0.25, 0.3) is 0 Å². The lowest BCUT2D eigenvalue weighted by Gasteiger charge is -2.44. The van der Waals surface area contributed by atoms with E-state index >= 15 is 0 Å². The van der Waals surface area contributed by atoms with Gasteiger partial charge in [-0.05, 0) is 105 Å². The van der Waals surface area contributed by atoms with Crippen LogP contribution < -0.4 is 14.4 Å². The third kappa shape index (κ3) is 7.52. The number of halogens is 1. The highest BCUT2D eigenvalue weighted by Gasteiger charge is 2.41. The predicted molar refractivity (Wildman–Crippen MR) is 173 cm³/mol. The van der Waals surface area contributed by atoms with E-state index in [0.29, 0.717) is 54.7 Å². The molecule has 2 aromatic rings. The minimum atomic E-state index is -3.82. The first-order valence-electron chi connectivity index (χ1n) is 16.1. The van der Waals surface area contributed by atoms with E-state index in [1.165, 1.54) is 5.56 Å². The van der Waals surface area contributed by atoms with E-state index in [1.807, 2.05) is 42.5 Å². The molecule has 0 aromatic heterocycles. The van der Waals surface area contributed by atoms with Crippen molar-refractivity contribution in [3.05, 3.63) is 70.3 Å². The SMILES string of the molecule is C[C@@H]1CC/C=C/[C@H](O[C@@H]2CCOC2=O)[C@@H]2CC[C@H]2CN2CCCCc3cc(Cl)ccc3COc3ccc(cc32)C(O)NS1(=O)=O. The van der Waals surface area contributed by atoms with Gasteiger partial charge in [-0.2, -0.15) is 4.72 Å². The Balaban J connectivity index is 1.36. The first-order valence-corrected chi connectivity index (χ1v) is 18.1. The summed E-state index contributed by atoms with van der Waals surface area (Å²) < 4.78 is 46.9. The van der Waals surface area contributed by atoms with Crippen molar-refractivity contribution >= 4 is 33.3 Å². The van der Waals surface area contributed by atoms with Crippen LogP contribution in [0.1, 0.15) is 74.8 Å². The molecule has 2 N–H and O–H groups in total. The van der Waals surface area contributed by atoms with Crippen LogP contribution in [0.15, 0.2) is 48.6 Å². The standard InChI is InChI=1S/C34H43ClN2O7S/c1-22-6-2-3-8-30(44-32-15-17-42-34(32)39)28-13-10-25(28)20-37-16-5-4-7-23-18-27(35)12-9-26(23)21-43-31-14-11-24(19-29(31)37)33(38)36-45(22,40)41/h3,8-9,11-12,14,18-19,22,25,28,30,32-33,36,38H,2,4-7,10,13,15-17,20-21H2,1H3/b8-3+/t22-,25+,28-,30+,32-,33?/m1/s1. The number of fused-ring (bicyclic) bond motifs is 3. The molecule has 0 radical (unpaired) electrons. The van der Waals surface area contributed by atoms with Crippen molar-refractivity contribution in [2.45, 2.75) is 88.6 Å². The van der Waals surface area contributed by atoms with Crippen LogP contribution in [-0.4, -0.2) is 56.6 Å². The van der Waals surface area contributed by atoms with Crippen molar-refractivity contribution in [1.82, 2.24) is 4.72 Å². The lowest BCUT2D eigenvalue weighted by Crippen LogP contribution is -2.45. The summed E-state index contributed by atoms with van der Waals surface area (Å²) in [5.41, 5.74) is 3.53. The van der Waals surface area contributed by atoms with E-state index in [9.17, 15) is 18.3 Å². The third-order valence-corrected chi connectivity index (χ3v) is 11.8. The first kappa shape index (κ1) is 32.3. The fourth-order valence-corrected chi connectivity index (χ4v) is 8.12. The number of cyclic esters (lactones) is 1. The topological polar surface area (TPSA) is 114 Å². The number of sulfonamides is 1. The number of nitrogens with zero attached hydrogens (tertiary/aromatic N) is 1. The minimum Gasteiger partial charge on any atom is -0.487 e. The minimum absolute atomic E-state index is 0.202. The van der Waals surface area contributed by atoms with E-state index in [-0.39, 0.29) is 18.0 Å². The fraction of sp³-hybridized carbons (Fsp3) is 0.559. The van der Waals surface area contributed by atoms with E-state index < -0.39 is 27.6 Å². The summed E-state index contributed by atoms with van der Waals surface area (Å²) in [7, 11) is -3.82. The summed E-state index contributed by atoms with van der Waals surface area (Å²) in [4.78, 5) is 14.7. The van der Waals surface area contributed by atoms with Gasteiger partial charge in [0, 0.05) is 24.5 Å². The van der Waals surface area contributed by atoms with Gasteiger partial charge in [0.2, 0.25) is 10.0 Å². The Morgan fingerprint density at radius 2 is 1.91 bits per heavy atom. The number of hydrogen-bond donors (Lipinski definition) is 2. The number of esters is 1. The molecule has 6 rings (SSSR count). The normalized spacial score (nSPS) is 31.3. The fourth-order valence-electron chi connectivity index (χ4n) is 6.80. The van der Waals surface area contributed by atoms with E-state index in [4.69, 9.17) is 25.8 Å². The van der Waals surface area contributed by atoms with Crippen LogP contribution in [0, 0.1) is 11.8 Å². The number of ether oxygens (including phenoxy) is 3. The second-order valence-electron chi connectivity index (χ2n) is 12.8. The van der Waals surface area contributed by atoms with Crippen LogP contribution in [-0.2, 0) is 37.3 Å². The van der Waals surface area contributed by atoms with Crippen LogP contribution in [0.4, 0.5) is 5.69 Å². The van der Waals surface area contributed by atoms with Crippen LogP contribution in [0.3, 0.4) is 0 Å². The summed E-state index contributed by atoms with van der Waals surface area (Å²) in [6, 6.07) is 11.3. The van der Waals surface area contributed by atoms with Crippen molar-refractivity contribution < 1.29 is 32.5 Å². The van der Waals surface area contributed by atoms with Crippen LogP contribution in [0.2, 0.25) is 5.02 Å². The number of allylic oxidation sites excluding steroid dienone is 1. The number of aliphatic hydroxyl groups excluding tert-OH is 1. The lowest BCUT2D eigenvalue weighted by molar-refractivity contribution is -0.152. The highest BCUT2D eigenvalue weighted by molar-refractivity contribution is 7.90. The number of hydrogen-bond acceptors (Lipinski definition) is 8. The predicted octanol–water partition coefficient (Wildman–Crippen LogP) is 5.44. The van der Waals surface area contributed by atoms with Crippen LogP contribution >= 0.6 is 11.6 Å². The zero-order valence-corrected chi connectivity index (χ0v) is 27.3. The Morgan fingerprint density at radius 1 is 1.04 bits per heavy atom. The maximum absolute atomic E-state index is 13.2. The Bertz CT molecular complexity index is 1520. The second-order valence-corrected chi connectivity index (χ2v) is 15.3. The molecule has 3 heterocycles. The van der Waals surface area contributed by atoms with Gasteiger partial charge >= 0.3 is 5.97 Å². The molecule has 6 atom stereocenters. The molecule has 1 unspecified atom stereocenters. The molecular weight excluding hydrogens is 616 g/mol. The number of rotatable bonds is 2. The summed E-state index contributed by atoms with van der Waals surface area (Å²) >= 11 is 6.34. The summed E-state index contributed by atoms with van der Waals surface area (Å²) in [6.45, 7) is 3.88. The average Bonchev–Trinajstić information content (AvgIpc) is 3.39. The first-order chi connectivity index (χ1) is 21.7. The van der Waals surface area contributed by atoms with Crippen molar-refractivity contribution in [2.75, 3.05) is 24.6 Å². The highest BCUT2D eigenvalue weighted by atomic mass is 35.5. The number of aryl methyl sites for hydroxylation is 1. The van der Waals surface area contributed by atoms with E-state index in [1.54, 1.807) is 13.0 Å². The Kier molecular flexibility index (Phi) is 10.1. The van der Waals surface area contributed by atoms with Gasteiger partial charge in [-0.25, -0.2) is 13.2 Å².